The Morgan fingerprint density at radius 1 is 1.29 bits per heavy atom. The second-order valence-electron chi connectivity index (χ2n) is 6.39. The number of ether oxygens (including phenoxy) is 3. The highest BCUT2D eigenvalue weighted by atomic mass is 16.7. The van der Waals surface area contributed by atoms with E-state index < -0.39 is 0 Å². The van der Waals surface area contributed by atoms with Gasteiger partial charge in [0.15, 0.2) is 23.9 Å². The summed E-state index contributed by atoms with van der Waals surface area (Å²) in [5.41, 5.74) is 0.660. The number of carbonyl (C=O) groups excluding carboxylic acids is 1. The average Bonchev–Trinajstić information content (AvgIpc) is 3.18. The van der Waals surface area contributed by atoms with Crippen LogP contribution in [0.25, 0.3) is 0 Å². The van der Waals surface area contributed by atoms with Crippen LogP contribution in [0.15, 0.2) is 22.7 Å². The molecule has 8 nitrogen and oxygen atoms in total. The van der Waals surface area contributed by atoms with Gasteiger partial charge in [-0.3, -0.25) is 9.32 Å². The molecule has 1 aliphatic heterocycles. The summed E-state index contributed by atoms with van der Waals surface area (Å²) >= 11 is 0. The monoisotopic (exact) mass is 333 g/mol. The number of hydrogen-bond donors (Lipinski definition) is 1. The average molecular weight is 333 g/mol. The molecule has 1 amide bonds. The Morgan fingerprint density at radius 2 is 2.08 bits per heavy atom. The summed E-state index contributed by atoms with van der Waals surface area (Å²) in [6.07, 6.45) is -0.0156. The van der Waals surface area contributed by atoms with Crippen molar-refractivity contribution in [2.24, 2.45) is 0 Å². The van der Waals surface area contributed by atoms with Crippen LogP contribution in [0.2, 0.25) is 0 Å². The van der Waals surface area contributed by atoms with Gasteiger partial charge >= 0.3 is 6.08 Å². The number of carbonyl (C=O) groups is 1. The first-order valence-electron chi connectivity index (χ1n) is 7.54. The number of amides is 1. The standard InChI is InChI=1S/C16H19N3O5/c1-16(2,3)14-18-15(24-19-14)21-8-13(20)17-7-10-4-5-11-12(6-10)23-9-22-11/h4-6H,7-9H2,1-3H3,(H,17,20). The second-order valence-corrected chi connectivity index (χ2v) is 6.39. The maximum Gasteiger partial charge on any atom is 0.417 e. The lowest BCUT2D eigenvalue weighted by Gasteiger charge is -2.10. The van der Waals surface area contributed by atoms with Gasteiger partial charge in [0.1, 0.15) is 0 Å². The van der Waals surface area contributed by atoms with Crippen molar-refractivity contribution in [3.63, 3.8) is 0 Å². The predicted octanol–water partition coefficient (Wildman–Crippen LogP) is 1.79. The lowest BCUT2D eigenvalue weighted by atomic mass is 9.96. The molecule has 0 unspecified atom stereocenters. The molecule has 0 saturated heterocycles. The van der Waals surface area contributed by atoms with Crippen molar-refractivity contribution in [2.75, 3.05) is 13.4 Å². The van der Waals surface area contributed by atoms with E-state index in [0.29, 0.717) is 23.9 Å². The van der Waals surface area contributed by atoms with Crippen LogP contribution in [0.4, 0.5) is 0 Å². The van der Waals surface area contributed by atoms with Gasteiger partial charge in [-0.2, -0.15) is 4.98 Å². The fourth-order valence-electron chi connectivity index (χ4n) is 2.00. The van der Waals surface area contributed by atoms with E-state index >= 15 is 0 Å². The SMILES string of the molecule is CC(C)(C)c1noc(OCC(=O)NCc2ccc3c(c2)OCO3)n1. The minimum atomic E-state index is -0.289. The third-order valence-electron chi connectivity index (χ3n) is 3.33. The fourth-order valence-corrected chi connectivity index (χ4v) is 2.00. The maximum absolute atomic E-state index is 11.8. The zero-order chi connectivity index (χ0) is 17.2. The van der Waals surface area contributed by atoms with Gasteiger partial charge in [-0.15, -0.1) is 0 Å². The molecule has 0 atom stereocenters. The number of rotatable bonds is 5. The fraction of sp³-hybridized carbons (Fsp3) is 0.438. The van der Waals surface area contributed by atoms with Crippen molar-refractivity contribution in [2.45, 2.75) is 32.7 Å². The van der Waals surface area contributed by atoms with Gasteiger partial charge in [-0.05, 0) is 17.7 Å². The summed E-state index contributed by atoms with van der Waals surface area (Å²) < 4.78 is 20.7. The first kappa shape index (κ1) is 16.1. The molecule has 0 saturated carbocycles. The molecule has 24 heavy (non-hydrogen) atoms. The molecule has 1 aromatic heterocycles. The van der Waals surface area contributed by atoms with Crippen LogP contribution < -0.4 is 19.5 Å². The summed E-state index contributed by atoms with van der Waals surface area (Å²) in [5.74, 6) is 1.62. The summed E-state index contributed by atoms with van der Waals surface area (Å²) in [6.45, 7) is 6.26. The molecule has 0 radical (unpaired) electrons. The number of nitrogens with zero attached hydrogens (tertiary/aromatic N) is 2. The van der Waals surface area contributed by atoms with Crippen LogP contribution in [0.1, 0.15) is 32.2 Å². The second kappa shape index (κ2) is 6.38. The molecule has 128 valence electrons. The third-order valence-corrected chi connectivity index (χ3v) is 3.33. The number of nitrogens with one attached hydrogen (secondary N) is 1. The molecular weight excluding hydrogens is 314 g/mol. The zero-order valence-corrected chi connectivity index (χ0v) is 13.8. The maximum atomic E-state index is 11.8. The molecular formula is C16H19N3O5. The zero-order valence-electron chi connectivity index (χ0n) is 13.8. The van der Waals surface area contributed by atoms with Gasteiger partial charge < -0.3 is 19.5 Å². The number of fused-ring (bicyclic) bond motifs is 1. The highest BCUT2D eigenvalue weighted by Crippen LogP contribution is 2.32. The van der Waals surface area contributed by atoms with Crippen LogP contribution in [-0.2, 0) is 16.8 Å². The Kier molecular flexibility index (Phi) is 4.28. The Labute approximate surface area is 139 Å². The van der Waals surface area contributed by atoms with E-state index in [1.165, 1.54) is 0 Å². The lowest BCUT2D eigenvalue weighted by molar-refractivity contribution is -0.123. The largest absolute Gasteiger partial charge is 0.454 e. The smallest absolute Gasteiger partial charge is 0.417 e. The topological polar surface area (TPSA) is 95.7 Å². The predicted molar refractivity (Wildman–Crippen MR) is 82.9 cm³/mol. The van der Waals surface area contributed by atoms with Crippen LogP contribution >= 0.6 is 0 Å². The molecule has 8 heteroatoms. The third kappa shape index (κ3) is 3.76. The van der Waals surface area contributed by atoms with E-state index in [4.69, 9.17) is 18.7 Å². The van der Waals surface area contributed by atoms with E-state index in [-0.39, 0.29) is 30.8 Å². The highest BCUT2D eigenvalue weighted by molar-refractivity contribution is 5.77. The molecule has 0 spiro atoms. The number of hydrogen-bond acceptors (Lipinski definition) is 7. The molecule has 0 bridgehead atoms. The van der Waals surface area contributed by atoms with Crippen LogP contribution in [0.5, 0.6) is 17.6 Å². The Hall–Kier alpha value is -2.77. The van der Waals surface area contributed by atoms with E-state index in [0.717, 1.165) is 5.56 Å². The quantitative estimate of drug-likeness (QED) is 0.891. The van der Waals surface area contributed by atoms with Crippen molar-refractivity contribution in [1.29, 1.82) is 0 Å². The Balaban J connectivity index is 1.47. The van der Waals surface area contributed by atoms with E-state index in [1.807, 2.05) is 39.0 Å². The van der Waals surface area contributed by atoms with Crippen molar-refractivity contribution >= 4 is 5.91 Å². The van der Waals surface area contributed by atoms with Crippen molar-refractivity contribution in [1.82, 2.24) is 15.5 Å². The van der Waals surface area contributed by atoms with E-state index in [2.05, 4.69) is 15.5 Å². The minimum Gasteiger partial charge on any atom is -0.454 e. The molecule has 0 fully saturated rings. The molecule has 1 aliphatic rings. The molecule has 0 aliphatic carbocycles. The number of aromatic nitrogens is 2. The molecule has 3 rings (SSSR count). The van der Waals surface area contributed by atoms with Crippen molar-refractivity contribution < 1.29 is 23.5 Å². The molecule has 1 N–H and O–H groups in total. The highest BCUT2D eigenvalue weighted by Gasteiger charge is 2.22. The van der Waals surface area contributed by atoms with Gasteiger partial charge in [-0.1, -0.05) is 32.0 Å². The van der Waals surface area contributed by atoms with E-state index in [9.17, 15) is 4.79 Å². The molecule has 1 aromatic carbocycles. The van der Waals surface area contributed by atoms with Gasteiger partial charge in [0, 0.05) is 12.0 Å². The minimum absolute atomic E-state index is 0.0156. The first-order valence-corrected chi connectivity index (χ1v) is 7.54. The normalized spacial score (nSPS) is 13.0. The van der Waals surface area contributed by atoms with Crippen molar-refractivity contribution in [3.8, 4) is 17.6 Å². The van der Waals surface area contributed by atoms with E-state index in [1.54, 1.807) is 0 Å². The summed E-state index contributed by atoms with van der Waals surface area (Å²) in [7, 11) is 0. The van der Waals surface area contributed by atoms with Gasteiger partial charge in [0.05, 0.1) is 0 Å². The van der Waals surface area contributed by atoms with Crippen LogP contribution in [0.3, 0.4) is 0 Å². The Bertz CT molecular complexity index is 736. The van der Waals surface area contributed by atoms with Gasteiger partial charge in [-0.25, -0.2) is 0 Å². The molecule has 2 heterocycles. The number of benzene rings is 1. The van der Waals surface area contributed by atoms with Gasteiger partial charge in [0.2, 0.25) is 6.79 Å². The van der Waals surface area contributed by atoms with Crippen LogP contribution in [-0.4, -0.2) is 29.4 Å². The van der Waals surface area contributed by atoms with Crippen LogP contribution in [0, 0.1) is 0 Å². The summed E-state index contributed by atoms with van der Waals surface area (Å²) in [6, 6.07) is 5.51. The lowest BCUT2D eigenvalue weighted by Crippen LogP contribution is -2.28. The Morgan fingerprint density at radius 3 is 2.83 bits per heavy atom. The first-order chi connectivity index (χ1) is 11.4. The summed E-state index contributed by atoms with van der Waals surface area (Å²) in [5, 5.41) is 6.57. The van der Waals surface area contributed by atoms with Crippen molar-refractivity contribution in [3.05, 3.63) is 29.6 Å². The molecule has 2 aromatic rings. The van der Waals surface area contributed by atoms with Gasteiger partial charge in [0.25, 0.3) is 5.91 Å². The summed E-state index contributed by atoms with van der Waals surface area (Å²) in [4.78, 5) is 15.9.